The average molecular weight is 394 g/mol. The fourth-order valence-corrected chi connectivity index (χ4v) is 4.73. The van der Waals surface area contributed by atoms with Crippen molar-refractivity contribution in [1.82, 2.24) is 4.90 Å². The van der Waals surface area contributed by atoms with E-state index in [4.69, 9.17) is 9.47 Å². The van der Waals surface area contributed by atoms with Crippen LogP contribution in [0.4, 0.5) is 23.7 Å². The molecule has 3 saturated heterocycles. The zero-order chi connectivity index (χ0) is 19.5. The van der Waals surface area contributed by atoms with Crippen LogP contribution in [-0.4, -0.2) is 49.4 Å². The fraction of sp³-hybridized carbons (Fsp3) is 0.550. The van der Waals surface area contributed by atoms with Crippen molar-refractivity contribution in [2.75, 3.05) is 31.6 Å². The number of likely N-dealkylation sites (tertiary alicyclic amines) is 1. The molecule has 0 saturated carbocycles. The molecule has 5 rings (SSSR count). The van der Waals surface area contributed by atoms with Gasteiger partial charge in [0, 0.05) is 36.5 Å². The Labute approximate surface area is 160 Å². The van der Waals surface area contributed by atoms with Gasteiger partial charge in [-0.1, -0.05) is 12.2 Å². The summed E-state index contributed by atoms with van der Waals surface area (Å²) in [5, 5.41) is 2.78. The number of anilines is 1. The van der Waals surface area contributed by atoms with Crippen LogP contribution in [0.1, 0.15) is 11.1 Å². The summed E-state index contributed by atoms with van der Waals surface area (Å²) >= 11 is 0. The number of hydrogen-bond acceptors (Lipinski definition) is 3. The molecule has 150 valence electrons. The maximum Gasteiger partial charge on any atom is 0.416 e. The van der Waals surface area contributed by atoms with Crippen molar-refractivity contribution in [3.05, 3.63) is 41.5 Å². The molecule has 2 amide bonds. The number of hydrogen-bond donors (Lipinski definition) is 1. The van der Waals surface area contributed by atoms with Gasteiger partial charge in [-0.05, 0) is 30.2 Å². The van der Waals surface area contributed by atoms with E-state index in [-0.39, 0.29) is 29.7 Å². The number of urea groups is 1. The van der Waals surface area contributed by atoms with E-state index in [1.54, 1.807) is 4.90 Å². The van der Waals surface area contributed by atoms with Gasteiger partial charge in [0.1, 0.15) is 0 Å². The van der Waals surface area contributed by atoms with Gasteiger partial charge in [-0.3, -0.25) is 0 Å². The molecule has 5 nitrogen and oxygen atoms in total. The minimum Gasteiger partial charge on any atom is -0.381 e. The Balaban J connectivity index is 1.29. The van der Waals surface area contributed by atoms with Gasteiger partial charge in [-0.25, -0.2) is 4.79 Å². The van der Waals surface area contributed by atoms with Gasteiger partial charge in [0.05, 0.1) is 31.0 Å². The highest BCUT2D eigenvalue weighted by atomic mass is 19.4. The molecule has 28 heavy (non-hydrogen) atoms. The molecule has 0 spiro atoms. The molecule has 1 aromatic carbocycles. The standard InChI is InChI=1S/C20H21F3N2O3/c21-20(22,23)16-2-1-13(6-12(16)5-11-9-27-10-11)24-19(26)25-7-14-15(8-25)18-4-3-17(14)28-18/h1-4,6,11,14-15,17-18H,5,7-10H2,(H,24,26). The molecule has 3 fully saturated rings. The summed E-state index contributed by atoms with van der Waals surface area (Å²) in [5.41, 5.74) is -0.0527. The summed E-state index contributed by atoms with van der Waals surface area (Å²) in [6.45, 7) is 2.16. The molecule has 2 bridgehead atoms. The first-order chi connectivity index (χ1) is 13.4. The van der Waals surface area contributed by atoms with Crippen molar-refractivity contribution < 1.29 is 27.4 Å². The third kappa shape index (κ3) is 3.08. The number of nitrogens with one attached hydrogen (secondary N) is 1. The summed E-state index contributed by atoms with van der Waals surface area (Å²) < 4.78 is 50.9. The zero-order valence-electron chi connectivity index (χ0n) is 15.1. The van der Waals surface area contributed by atoms with E-state index < -0.39 is 11.7 Å². The molecule has 4 aliphatic heterocycles. The maximum absolute atomic E-state index is 13.3. The van der Waals surface area contributed by atoms with Gasteiger partial charge in [0.25, 0.3) is 0 Å². The molecule has 0 aliphatic carbocycles. The van der Waals surface area contributed by atoms with E-state index in [9.17, 15) is 18.0 Å². The number of halogens is 3. The number of ether oxygens (including phenoxy) is 2. The SMILES string of the molecule is O=C(Nc1ccc(C(F)(F)F)c(CC2COC2)c1)N1CC2C3C=CC(O3)C2C1. The number of fused-ring (bicyclic) bond motifs is 5. The second-order valence-electron chi connectivity index (χ2n) is 8.09. The average Bonchev–Trinajstić information content (AvgIpc) is 3.29. The highest BCUT2D eigenvalue weighted by Gasteiger charge is 2.51. The van der Waals surface area contributed by atoms with Gasteiger partial charge < -0.3 is 19.7 Å². The molecule has 4 aliphatic rings. The van der Waals surface area contributed by atoms with Crippen molar-refractivity contribution in [2.45, 2.75) is 24.8 Å². The molecule has 1 aromatic rings. The van der Waals surface area contributed by atoms with Gasteiger partial charge in [0.15, 0.2) is 0 Å². The Morgan fingerprint density at radius 3 is 2.39 bits per heavy atom. The molecule has 4 heterocycles. The first-order valence-corrected chi connectivity index (χ1v) is 9.56. The number of carbonyl (C=O) groups excluding carboxylic acids is 1. The predicted molar refractivity (Wildman–Crippen MR) is 94.8 cm³/mol. The number of alkyl halides is 3. The first-order valence-electron chi connectivity index (χ1n) is 9.56. The minimum atomic E-state index is -4.42. The summed E-state index contributed by atoms with van der Waals surface area (Å²) in [4.78, 5) is 14.4. The van der Waals surface area contributed by atoms with Gasteiger partial charge in [0.2, 0.25) is 0 Å². The quantitative estimate of drug-likeness (QED) is 0.801. The maximum atomic E-state index is 13.3. The first kappa shape index (κ1) is 18.0. The van der Waals surface area contributed by atoms with E-state index in [0.717, 1.165) is 6.07 Å². The summed E-state index contributed by atoms with van der Waals surface area (Å²) in [6, 6.07) is 3.56. The second-order valence-corrected chi connectivity index (χ2v) is 8.09. The van der Waals surface area contributed by atoms with Crippen LogP contribution in [0.15, 0.2) is 30.4 Å². The Bertz CT molecular complexity index is 801. The number of nitrogens with zero attached hydrogens (tertiary/aromatic N) is 1. The van der Waals surface area contributed by atoms with Crippen LogP contribution in [0.3, 0.4) is 0 Å². The Hall–Kier alpha value is -2.06. The van der Waals surface area contributed by atoms with Crippen LogP contribution in [0.25, 0.3) is 0 Å². The van der Waals surface area contributed by atoms with Crippen LogP contribution in [0, 0.1) is 17.8 Å². The van der Waals surface area contributed by atoms with Crippen molar-refractivity contribution in [3.8, 4) is 0 Å². The van der Waals surface area contributed by atoms with Crippen LogP contribution >= 0.6 is 0 Å². The smallest absolute Gasteiger partial charge is 0.381 e. The van der Waals surface area contributed by atoms with Crippen molar-refractivity contribution >= 4 is 11.7 Å². The largest absolute Gasteiger partial charge is 0.416 e. The Morgan fingerprint density at radius 1 is 1.14 bits per heavy atom. The second kappa shape index (κ2) is 6.49. The third-order valence-electron chi connectivity index (χ3n) is 6.23. The highest BCUT2D eigenvalue weighted by Crippen LogP contribution is 2.43. The molecule has 0 aromatic heterocycles. The molecular formula is C20H21F3N2O3. The number of benzene rings is 1. The lowest BCUT2D eigenvalue weighted by atomic mass is 9.86. The highest BCUT2D eigenvalue weighted by molar-refractivity contribution is 5.89. The molecule has 8 heteroatoms. The molecule has 0 radical (unpaired) electrons. The Morgan fingerprint density at radius 2 is 1.82 bits per heavy atom. The normalized spacial score (nSPS) is 31.2. The molecule has 4 atom stereocenters. The van der Waals surface area contributed by atoms with Crippen LogP contribution < -0.4 is 5.32 Å². The van der Waals surface area contributed by atoms with Crippen LogP contribution in [0.2, 0.25) is 0 Å². The number of carbonyl (C=O) groups is 1. The van der Waals surface area contributed by atoms with Gasteiger partial charge in [-0.2, -0.15) is 13.2 Å². The van der Waals surface area contributed by atoms with E-state index >= 15 is 0 Å². The van der Waals surface area contributed by atoms with E-state index in [2.05, 4.69) is 17.5 Å². The summed E-state index contributed by atoms with van der Waals surface area (Å²) in [5.74, 6) is 0.707. The summed E-state index contributed by atoms with van der Waals surface area (Å²) in [6.07, 6.45) is 0.143. The Kier molecular flexibility index (Phi) is 4.17. The minimum absolute atomic E-state index is 0.0789. The fourth-order valence-electron chi connectivity index (χ4n) is 4.73. The molecule has 4 unspecified atom stereocenters. The number of amides is 2. The lowest BCUT2D eigenvalue weighted by Gasteiger charge is -2.27. The van der Waals surface area contributed by atoms with E-state index in [1.807, 2.05) is 0 Å². The third-order valence-corrected chi connectivity index (χ3v) is 6.23. The van der Waals surface area contributed by atoms with E-state index in [1.165, 1.54) is 12.1 Å². The predicted octanol–water partition coefficient (Wildman–Crippen LogP) is 3.31. The van der Waals surface area contributed by atoms with Crippen LogP contribution in [-0.2, 0) is 22.1 Å². The van der Waals surface area contributed by atoms with Gasteiger partial charge in [-0.15, -0.1) is 0 Å². The van der Waals surface area contributed by atoms with Gasteiger partial charge >= 0.3 is 12.2 Å². The topological polar surface area (TPSA) is 50.8 Å². The van der Waals surface area contributed by atoms with E-state index in [0.29, 0.717) is 50.2 Å². The summed E-state index contributed by atoms with van der Waals surface area (Å²) in [7, 11) is 0. The molecular weight excluding hydrogens is 373 g/mol. The number of rotatable bonds is 3. The lowest BCUT2D eigenvalue weighted by molar-refractivity contribution is -0.138. The van der Waals surface area contributed by atoms with Crippen molar-refractivity contribution in [1.29, 1.82) is 0 Å². The van der Waals surface area contributed by atoms with Crippen LogP contribution in [0.5, 0.6) is 0 Å². The zero-order valence-corrected chi connectivity index (χ0v) is 15.1. The lowest BCUT2D eigenvalue weighted by Crippen LogP contribution is -2.35. The molecule has 1 N–H and O–H groups in total. The van der Waals surface area contributed by atoms with Crippen molar-refractivity contribution in [2.24, 2.45) is 17.8 Å². The van der Waals surface area contributed by atoms with Crippen molar-refractivity contribution in [3.63, 3.8) is 0 Å². The monoisotopic (exact) mass is 394 g/mol.